The highest BCUT2D eigenvalue weighted by atomic mass is 32.2. The third kappa shape index (κ3) is 4.70. The smallest absolute Gasteiger partial charge is 0.303 e. The molecule has 1 aromatic heterocycles. The van der Waals surface area contributed by atoms with E-state index in [4.69, 9.17) is 5.11 Å². The Hall–Kier alpha value is -1.15. The molecular formula is C9H14N2O4S2. The zero-order valence-electron chi connectivity index (χ0n) is 9.56. The van der Waals surface area contributed by atoms with Crippen LogP contribution in [-0.2, 0) is 14.8 Å². The van der Waals surface area contributed by atoms with Gasteiger partial charge in [-0.05, 0) is 20.3 Å². The molecule has 0 unspecified atom stereocenters. The Kier molecular flexibility index (Phi) is 4.47. The van der Waals surface area contributed by atoms with Crippen LogP contribution in [0.2, 0.25) is 0 Å². The van der Waals surface area contributed by atoms with Crippen molar-refractivity contribution in [2.75, 3.05) is 10.5 Å². The number of rotatable bonds is 6. The summed E-state index contributed by atoms with van der Waals surface area (Å²) >= 11 is 1.26. The molecule has 0 aliphatic heterocycles. The molecule has 0 amide bonds. The number of aryl methyl sites for hydroxylation is 2. The van der Waals surface area contributed by atoms with Gasteiger partial charge in [-0.2, -0.15) is 0 Å². The number of aromatic nitrogens is 1. The molecule has 1 aromatic rings. The number of anilines is 1. The van der Waals surface area contributed by atoms with Gasteiger partial charge in [-0.3, -0.25) is 9.52 Å². The maximum absolute atomic E-state index is 11.6. The molecule has 0 aliphatic carbocycles. The summed E-state index contributed by atoms with van der Waals surface area (Å²) in [7, 11) is -3.50. The molecule has 0 bridgehead atoms. The van der Waals surface area contributed by atoms with Crippen LogP contribution in [0.5, 0.6) is 0 Å². The molecule has 8 heteroatoms. The number of nitrogens with zero attached hydrogens (tertiary/aromatic N) is 1. The van der Waals surface area contributed by atoms with Crippen LogP contribution in [0, 0.1) is 13.8 Å². The van der Waals surface area contributed by atoms with Gasteiger partial charge in [0.25, 0.3) is 0 Å². The Morgan fingerprint density at radius 2 is 2.12 bits per heavy atom. The lowest BCUT2D eigenvalue weighted by atomic mass is 10.3. The molecular weight excluding hydrogens is 264 g/mol. The van der Waals surface area contributed by atoms with E-state index in [1.165, 1.54) is 11.3 Å². The number of carboxylic acids is 1. The molecule has 0 saturated heterocycles. The highest BCUT2D eigenvalue weighted by Crippen LogP contribution is 2.22. The Morgan fingerprint density at radius 3 is 2.59 bits per heavy atom. The highest BCUT2D eigenvalue weighted by molar-refractivity contribution is 7.92. The fourth-order valence-electron chi connectivity index (χ4n) is 1.11. The van der Waals surface area contributed by atoms with E-state index in [1.54, 1.807) is 6.92 Å². The van der Waals surface area contributed by atoms with Crippen molar-refractivity contribution in [1.82, 2.24) is 4.98 Å². The van der Waals surface area contributed by atoms with Crippen LogP contribution >= 0.6 is 11.3 Å². The zero-order valence-corrected chi connectivity index (χ0v) is 11.2. The first-order valence-electron chi connectivity index (χ1n) is 4.96. The van der Waals surface area contributed by atoms with Gasteiger partial charge in [-0.1, -0.05) is 0 Å². The van der Waals surface area contributed by atoms with Crippen molar-refractivity contribution in [3.05, 3.63) is 10.6 Å². The van der Waals surface area contributed by atoms with E-state index >= 15 is 0 Å². The van der Waals surface area contributed by atoms with Gasteiger partial charge in [0.05, 0.1) is 11.4 Å². The highest BCUT2D eigenvalue weighted by Gasteiger charge is 2.14. The molecule has 2 N–H and O–H groups in total. The van der Waals surface area contributed by atoms with Crippen LogP contribution < -0.4 is 4.72 Å². The lowest BCUT2D eigenvalue weighted by molar-refractivity contribution is -0.137. The monoisotopic (exact) mass is 278 g/mol. The maximum atomic E-state index is 11.6. The summed E-state index contributed by atoms with van der Waals surface area (Å²) in [5.74, 6) is -1.21. The van der Waals surface area contributed by atoms with Crippen molar-refractivity contribution in [2.24, 2.45) is 0 Å². The Bertz CT molecular complexity index is 488. The predicted octanol–water partition coefficient (Wildman–Crippen LogP) is 1.37. The van der Waals surface area contributed by atoms with Crippen LogP contribution in [0.1, 0.15) is 23.4 Å². The van der Waals surface area contributed by atoms with Crippen molar-refractivity contribution in [1.29, 1.82) is 0 Å². The van der Waals surface area contributed by atoms with Crippen molar-refractivity contribution in [3.8, 4) is 0 Å². The van der Waals surface area contributed by atoms with Crippen LogP contribution in [0.3, 0.4) is 0 Å². The van der Waals surface area contributed by atoms with Crippen molar-refractivity contribution < 1.29 is 18.3 Å². The number of nitrogens with one attached hydrogen (secondary N) is 1. The average Bonchev–Trinajstić information content (AvgIpc) is 2.43. The van der Waals surface area contributed by atoms with E-state index in [-0.39, 0.29) is 18.6 Å². The summed E-state index contributed by atoms with van der Waals surface area (Å²) < 4.78 is 25.5. The summed E-state index contributed by atoms with van der Waals surface area (Å²) in [6.45, 7) is 3.66. The topological polar surface area (TPSA) is 96.4 Å². The standard InChI is InChI=1S/C9H14N2O4S2/c1-6-7(2)16-9(10-6)11-17(14,15)5-3-4-8(12)13/h3-5H2,1-2H3,(H,10,11)(H,12,13). The van der Waals surface area contributed by atoms with Crippen LogP contribution in [0.4, 0.5) is 5.13 Å². The Labute approximate surface area is 104 Å². The van der Waals surface area contributed by atoms with Gasteiger partial charge < -0.3 is 5.11 Å². The molecule has 17 heavy (non-hydrogen) atoms. The number of sulfonamides is 1. The molecule has 1 rings (SSSR count). The normalized spacial score (nSPS) is 11.4. The molecule has 6 nitrogen and oxygen atoms in total. The predicted molar refractivity (Wildman–Crippen MR) is 65.9 cm³/mol. The lowest BCUT2D eigenvalue weighted by Crippen LogP contribution is -2.17. The number of hydrogen-bond acceptors (Lipinski definition) is 5. The van der Waals surface area contributed by atoms with Gasteiger partial charge in [0, 0.05) is 11.3 Å². The summed E-state index contributed by atoms with van der Waals surface area (Å²) in [6, 6.07) is 0. The van der Waals surface area contributed by atoms with Crippen molar-refractivity contribution >= 4 is 32.5 Å². The van der Waals surface area contributed by atoms with Gasteiger partial charge in [0.1, 0.15) is 0 Å². The first-order valence-corrected chi connectivity index (χ1v) is 7.43. The third-order valence-corrected chi connectivity index (χ3v) is 4.52. The molecule has 0 aromatic carbocycles. The van der Waals surface area contributed by atoms with E-state index in [1.807, 2.05) is 6.92 Å². The van der Waals surface area contributed by atoms with Gasteiger partial charge in [-0.25, -0.2) is 13.4 Å². The van der Waals surface area contributed by atoms with Crippen molar-refractivity contribution in [3.63, 3.8) is 0 Å². The molecule has 1 heterocycles. The summed E-state index contributed by atoms with van der Waals surface area (Å²) in [4.78, 5) is 15.3. The minimum Gasteiger partial charge on any atom is -0.481 e. The second-order valence-corrected chi connectivity index (χ2v) is 6.62. The second-order valence-electron chi connectivity index (χ2n) is 3.58. The third-order valence-electron chi connectivity index (χ3n) is 2.08. The number of aliphatic carboxylic acids is 1. The summed E-state index contributed by atoms with van der Waals surface area (Å²) in [5, 5.41) is 8.74. The largest absolute Gasteiger partial charge is 0.481 e. The lowest BCUT2D eigenvalue weighted by Gasteiger charge is -2.03. The van der Waals surface area contributed by atoms with Gasteiger partial charge in [0.2, 0.25) is 10.0 Å². The van der Waals surface area contributed by atoms with Crippen LogP contribution in [-0.4, -0.2) is 30.2 Å². The Balaban J connectivity index is 2.57. The maximum Gasteiger partial charge on any atom is 0.303 e. The molecule has 0 saturated carbocycles. The summed E-state index contributed by atoms with van der Waals surface area (Å²) in [6.07, 6.45) is -0.0646. The van der Waals surface area contributed by atoms with Crippen LogP contribution in [0.15, 0.2) is 0 Å². The van der Waals surface area contributed by atoms with Crippen LogP contribution in [0.25, 0.3) is 0 Å². The number of hydrogen-bond donors (Lipinski definition) is 2. The average molecular weight is 278 g/mol. The number of thiazole rings is 1. The first-order chi connectivity index (χ1) is 7.80. The SMILES string of the molecule is Cc1nc(NS(=O)(=O)CCCC(=O)O)sc1C. The van der Waals surface area contributed by atoms with E-state index < -0.39 is 16.0 Å². The van der Waals surface area contributed by atoms with Gasteiger partial charge >= 0.3 is 5.97 Å². The molecule has 0 fully saturated rings. The minimum atomic E-state index is -3.50. The first kappa shape index (κ1) is 13.9. The fraction of sp³-hybridized carbons (Fsp3) is 0.556. The van der Waals surface area contributed by atoms with E-state index in [9.17, 15) is 13.2 Å². The van der Waals surface area contributed by atoms with Gasteiger partial charge in [-0.15, -0.1) is 11.3 Å². The molecule has 96 valence electrons. The second kappa shape index (κ2) is 5.46. The quantitative estimate of drug-likeness (QED) is 0.819. The molecule has 0 atom stereocenters. The minimum absolute atomic E-state index is 0.0913. The van der Waals surface area contributed by atoms with E-state index in [2.05, 4.69) is 9.71 Å². The van der Waals surface area contributed by atoms with Gasteiger partial charge in [0.15, 0.2) is 5.13 Å². The van der Waals surface area contributed by atoms with E-state index in [0.29, 0.717) is 5.13 Å². The zero-order chi connectivity index (χ0) is 13.1. The fourth-order valence-corrected chi connectivity index (χ4v) is 3.27. The van der Waals surface area contributed by atoms with Crippen molar-refractivity contribution in [2.45, 2.75) is 26.7 Å². The summed E-state index contributed by atoms with van der Waals surface area (Å²) in [5.41, 5.74) is 0.790. The Morgan fingerprint density at radius 1 is 1.47 bits per heavy atom. The molecule has 0 aliphatic rings. The molecule has 0 spiro atoms. The van der Waals surface area contributed by atoms with E-state index in [0.717, 1.165) is 10.6 Å². The molecule has 0 radical (unpaired) electrons. The number of carbonyl (C=O) groups is 1. The number of carboxylic acid groups (broad SMARTS) is 1.